The third-order valence-corrected chi connectivity index (χ3v) is 2.90. The van der Waals surface area contributed by atoms with Gasteiger partial charge in [0.25, 0.3) is 0 Å². The van der Waals surface area contributed by atoms with Gasteiger partial charge in [0.1, 0.15) is 0 Å². The summed E-state index contributed by atoms with van der Waals surface area (Å²) in [5, 5.41) is 11.6. The van der Waals surface area contributed by atoms with Crippen molar-refractivity contribution in [1.82, 2.24) is 9.55 Å². The number of amides is 1. The van der Waals surface area contributed by atoms with Crippen LogP contribution in [0.15, 0.2) is 36.9 Å². The fraction of sp³-hybridized carbons (Fsp3) is 0.214. The zero-order valence-corrected chi connectivity index (χ0v) is 11.0. The molecule has 1 amide bonds. The van der Waals surface area contributed by atoms with Gasteiger partial charge in [0.15, 0.2) is 0 Å². The first-order valence-corrected chi connectivity index (χ1v) is 6.16. The molecule has 0 bridgehead atoms. The minimum absolute atomic E-state index is 0.120. The summed E-state index contributed by atoms with van der Waals surface area (Å²) in [6.45, 7) is 2.32. The Balaban J connectivity index is 1.95. The molecule has 0 saturated heterocycles. The van der Waals surface area contributed by atoms with Gasteiger partial charge in [-0.1, -0.05) is 0 Å². The van der Waals surface area contributed by atoms with Crippen LogP contribution in [-0.4, -0.2) is 26.5 Å². The van der Waals surface area contributed by atoms with E-state index in [1.165, 1.54) is 12.1 Å². The second kappa shape index (κ2) is 6.01. The van der Waals surface area contributed by atoms with Crippen LogP contribution in [0.25, 0.3) is 0 Å². The van der Waals surface area contributed by atoms with Crippen LogP contribution in [0.5, 0.6) is 0 Å². The number of hydrogen-bond donors (Lipinski definition) is 2. The van der Waals surface area contributed by atoms with Gasteiger partial charge in [-0.05, 0) is 30.7 Å². The van der Waals surface area contributed by atoms with E-state index in [1.54, 1.807) is 31.7 Å². The van der Waals surface area contributed by atoms with E-state index in [-0.39, 0.29) is 11.5 Å². The Morgan fingerprint density at radius 2 is 2.20 bits per heavy atom. The predicted molar refractivity (Wildman–Crippen MR) is 73.6 cm³/mol. The summed E-state index contributed by atoms with van der Waals surface area (Å²) < 4.78 is 1.82. The van der Waals surface area contributed by atoms with Crippen molar-refractivity contribution < 1.29 is 14.7 Å². The quantitative estimate of drug-likeness (QED) is 0.871. The van der Waals surface area contributed by atoms with E-state index in [9.17, 15) is 9.59 Å². The highest BCUT2D eigenvalue weighted by atomic mass is 16.4. The normalized spacial score (nSPS) is 10.2. The van der Waals surface area contributed by atoms with Crippen molar-refractivity contribution >= 4 is 17.6 Å². The van der Waals surface area contributed by atoms with Crippen LogP contribution in [0.1, 0.15) is 22.3 Å². The second-order valence-electron chi connectivity index (χ2n) is 4.43. The topological polar surface area (TPSA) is 84.2 Å². The molecule has 0 atom stereocenters. The Labute approximate surface area is 116 Å². The minimum atomic E-state index is -0.980. The molecule has 0 spiro atoms. The molecule has 0 radical (unpaired) electrons. The molecule has 0 fully saturated rings. The largest absolute Gasteiger partial charge is 0.478 e. The van der Waals surface area contributed by atoms with Crippen LogP contribution in [0.4, 0.5) is 5.69 Å². The maximum atomic E-state index is 11.8. The van der Waals surface area contributed by atoms with Crippen molar-refractivity contribution in [2.45, 2.75) is 19.9 Å². The summed E-state index contributed by atoms with van der Waals surface area (Å²) >= 11 is 0. The molecular weight excluding hydrogens is 258 g/mol. The number of carboxylic acid groups (broad SMARTS) is 1. The molecular formula is C14H15N3O3. The fourth-order valence-corrected chi connectivity index (χ4v) is 1.80. The molecule has 0 aliphatic heterocycles. The Kier molecular flexibility index (Phi) is 4.14. The maximum absolute atomic E-state index is 11.8. The molecule has 6 heteroatoms. The molecule has 1 aromatic carbocycles. The second-order valence-corrected chi connectivity index (χ2v) is 4.43. The third-order valence-electron chi connectivity index (χ3n) is 2.90. The van der Waals surface area contributed by atoms with E-state index in [0.29, 0.717) is 18.7 Å². The van der Waals surface area contributed by atoms with Gasteiger partial charge in [0, 0.05) is 31.0 Å². The zero-order valence-electron chi connectivity index (χ0n) is 11.0. The number of hydrogen-bond acceptors (Lipinski definition) is 3. The SMILES string of the molecule is Cc1cc(C(=O)O)ccc1NC(=O)CCn1ccnc1. The molecule has 0 aliphatic carbocycles. The van der Waals surface area contributed by atoms with E-state index >= 15 is 0 Å². The molecule has 0 saturated carbocycles. The first-order chi connectivity index (χ1) is 9.56. The Morgan fingerprint density at radius 3 is 2.80 bits per heavy atom. The number of aryl methyl sites for hydroxylation is 2. The summed E-state index contributed by atoms with van der Waals surface area (Å²) in [4.78, 5) is 26.5. The maximum Gasteiger partial charge on any atom is 0.335 e. The number of benzene rings is 1. The van der Waals surface area contributed by atoms with Crippen molar-refractivity contribution in [1.29, 1.82) is 0 Å². The number of anilines is 1. The summed E-state index contributed by atoms with van der Waals surface area (Å²) in [5.41, 5.74) is 1.56. The van der Waals surface area contributed by atoms with Gasteiger partial charge in [-0.25, -0.2) is 9.78 Å². The number of carbonyl (C=O) groups is 2. The van der Waals surface area contributed by atoms with Crippen LogP contribution < -0.4 is 5.32 Å². The Bertz CT molecular complexity index is 621. The average molecular weight is 273 g/mol. The number of carbonyl (C=O) groups excluding carboxylic acids is 1. The van der Waals surface area contributed by atoms with E-state index in [1.807, 2.05) is 4.57 Å². The highest BCUT2D eigenvalue weighted by Gasteiger charge is 2.08. The molecule has 1 heterocycles. The number of carboxylic acids is 1. The smallest absolute Gasteiger partial charge is 0.335 e. The van der Waals surface area contributed by atoms with Crippen molar-refractivity contribution in [2.24, 2.45) is 0 Å². The molecule has 2 aromatic rings. The zero-order chi connectivity index (χ0) is 14.5. The van der Waals surface area contributed by atoms with Gasteiger partial charge >= 0.3 is 5.97 Å². The molecule has 104 valence electrons. The van der Waals surface area contributed by atoms with Gasteiger partial charge in [0.2, 0.25) is 5.91 Å². The summed E-state index contributed by atoms with van der Waals surface area (Å²) in [7, 11) is 0. The molecule has 2 N–H and O–H groups in total. The van der Waals surface area contributed by atoms with E-state index < -0.39 is 5.97 Å². The number of nitrogens with one attached hydrogen (secondary N) is 1. The lowest BCUT2D eigenvalue weighted by Crippen LogP contribution is -2.15. The summed E-state index contributed by atoms with van der Waals surface area (Å²) in [6.07, 6.45) is 5.43. The molecule has 20 heavy (non-hydrogen) atoms. The number of nitrogens with zero attached hydrogens (tertiary/aromatic N) is 2. The van der Waals surface area contributed by atoms with Crippen LogP contribution in [0, 0.1) is 6.92 Å². The predicted octanol–water partition coefficient (Wildman–Crippen LogP) is 1.92. The Morgan fingerprint density at radius 1 is 1.40 bits per heavy atom. The lowest BCUT2D eigenvalue weighted by molar-refractivity contribution is -0.116. The highest BCUT2D eigenvalue weighted by Crippen LogP contribution is 2.16. The van der Waals surface area contributed by atoms with Gasteiger partial charge < -0.3 is 15.0 Å². The standard InChI is InChI=1S/C14H15N3O3/c1-10-8-11(14(19)20)2-3-12(10)16-13(18)4-6-17-7-5-15-9-17/h2-3,5,7-9H,4,6H2,1H3,(H,16,18)(H,19,20). The van der Waals surface area contributed by atoms with Crippen LogP contribution in [0.3, 0.4) is 0 Å². The van der Waals surface area contributed by atoms with Crippen LogP contribution in [-0.2, 0) is 11.3 Å². The fourth-order valence-electron chi connectivity index (χ4n) is 1.80. The number of aromatic nitrogens is 2. The monoisotopic (exact) mass is 273 g/mol. The molecule has 0 unspecified atom stereocenters. The summed E-state index contributed by atoms with van der Waals surface area (Å²) in [6, 6.07) is 4.61. The summed E-state index contributed by atoms with van der Waals surface area (Å²) in [5.74, 6) is -1.10. The van der Waals surface area contributed by atoms with Crippen molar-refractivity contribution in [3.63, 3.8) is 0 Å². The lowest BCUT2D eigenvalue weighted by atomic mass is 10.1. The highest BCUT2D eigenvalue weighted by molar-refractivity contribution is 5.93. The number of imidazole rings is 1. The number of rotatable bonds is 5. The average Bonchev–Trinajstić information content (AvgIpc) is 2.91. The first kappa shape index (κ1) is 13.8. The minimum Gasteiger partial charge on any atom is -0.478 e. The van der Waals surface area contributed by atoms with Crippen molar-refractivity contribution in [3.8, 4) is 0 Å². The molecule has 0 aliphatic rings. The molecule has 6 nitrogen and oxygen atoms in total. The van der Waals surface area contributed by atoms with E-state index in [2.05, 4.69) is 10.3 Å². The van der Waals surface area contributed by atoms with Crippen LogP contribution >= 0.6 is 0 Å². The van der Waals surface area contributed by atoms with E-state index in [0.717, 1.165) is 5.56 Å². The van der Waals surface area contributed by atoms with Gasteiger partial charge in [-0.3, -0.25) is 4.79 Å². The molecule has 1 aromatic heterocycles. The van der Waals surface area contributed by atoms with E-state index in [4.69, 9.17) is 5.11 Å². The molecule has 2 rings (SSSR count). The first-order valence-electron chi connectivity index (χ1n) is 6.16. The van der Waals surface area contributed by atoms with Gasteiger partial charge in [0.05, 0.1) is 11.9 Å². The Hall–Kier alpha value is -2.63. The third kappa shape index (κ3) is 3.44. The van der Waals surface area contributed by atoms with Gasteiger partial charge in [-0.15, -0.1) is 0 Å². The van der Waals surface area contributed by atoms with Crippen molar-refractivity contribution in [3.05, 3.63) is 48.0 Å². The van der Waals surface area contributed by atoms with Gasteiger partial charge in [-0.2, -0.15) is 0 Å². The number of aromatic carboxylic acids is 1. The van der Waals surface area contributed by atoms with Crippen molar-refractivity contribution in [2.75, 3.05) is 5.32 Å². The van der Waals surface area contributed by atoms with Crippen LogP contribution in [0.2, 0.25) is 0 Å². The lowest BCUT2D eigenvalue weighted by Gasteiger charge is -2.09.